The number of rotatable bonds is 13. The molecule has 0 N–H and O–H groups in total. The Balaban J connectivity index is 1.26. The van der Waals surface area contributed by atoms with Crippen LogP contribution in [0.1, 0.15) is 113 Å². The fraction of sp³-hybridized carbons (Fsp3) is 0.417. The van der Waals surface area contributed by atoms with Gasteiger partial charge in [-0.1, -0.05) is 148 Å². The van der Waals surface area contributed by atoms with Crippen molar-refractivity contribution in [3.8, 4) is 0 Å². The first-order valence-electron chi connectivity index (χ1n) is 19.1. The van der Waals surface area contributed by atoms with Crippen molar-refractivity contribution in [1.82, 2.24) is 0 Å². The summed E-state index contributed by atoms with van der Waals surface area (Å²) in [5.74, 6) is 2.55. The van der Waals surface area contributed by atoms with Crippen molar-refractivity contribution in [3.05, 3.63) is 154 Å². The fourth-order valence-electron chi connectivity index (χ4n) is 8.74. The van der Waals surface area contributed by atoms with Crippen molar-refractivity contribution in [3.63, 3.8) is 0 Å². The smallest absolute Gasteiger partial charge is 0.00568 e. The van der Waals surface area contributed by atoms with Gasteiger partial charge in [-0.15, -0.1) is 0 Å². The van der Waals surface area contributed by atoms with E-state index in [9.17, 15) is 0 Å². The zero-order valence-corrected chi connectivity index (χ0v) is 30.1. The van der Waals surface area contributed by atoms with Gasteiger partial charge in [0.15, 0.2) is 0 Å². The van der Waals surface area contributed by atoms with Crippen LogP contribution < -0.4 is 0 Å². The lowest BCUT2D eigenvalue weighted by molar-refractivity contribution is 0.339. The minimum Gasteiger partial charge on any atom is -0.0984 e. The van der Waals surface area contributed by atoms with Gasteiger partial charge in [0, 0.05) is 5.92 Å². The van der Waals surface area contributed by atoms with Crippen molar-refractivity contribution in [2.24, 2.45) is 23.7 Å². The number of aryl methyl sites for hydroxylation is 2. The molecule has 0 heteroatoms. The Morgan fingerprint density at radius 2 is 1.81 bits per heavy atom. The Kier molecular flexibility index (Phi) is 11.5. The standard InChI is InChI=1S/C48H58/c1-6-14-35(4)45-19-12-10-16-41(45)27-28-44(31-36(5)46-20-13-11-18-43-33-48(43)46)47-32-38(23-25-39(47)7-2)22-21-37-24-26-40-15-8-9-17-42(40)30-34(3)29-37/h7-9,11-13,15,17-20,23,25,31-32,34,36-37,48H,2,4,6,10,14,16,21-22,24,26-30,33H2,1,3,5H3. The minimum atomic E-state index is 0.397. The number of hydrogen-bond donors (Lipinski definition) is 0. The van der Waals surface area contributed by atoms with Gasteiger partial charge < -0.3 is 0 Å². The van der Waals surface area contributed by atoms with Gasteiger partial charge in [-0.25, -0.2) is 0 Å². The zero-order valence-electron chi connectivity index (χ0n) is 30.1. The molecule has 48 heavy (non-hydrogen) atoms. The molecule has 2 aromatic rings. The van der Waals surface area contributed by atoms with Crippen molar-refractivity contribution in [1.29, 1.82) is 0 Å². The van der Waals surface area contributed by atoms with Crippen LogP contribution in [0.2, 0.25) is 0 Å². The molecule has 4 atom stereocenters. The average Bonchev–Trinajstić information content (AvgIpc) is 3.88. The number of allylic oxidation sites excluding steroid dienone is 13. The van der Waals surface area contributed by atoms with Gasteiger partial charge in [0.2, 0.25) is 0 Å². The van der Waals surface area contributed by atoms with Crippen LogP contribution in [0.25, 0.3) is 11.6 Å². The first kappa shape index (κ1) is 34.2. The van der Waals surface area contributed by atoms with Crippen LogP contribution in [0.15, 0.2) is 126 Å². The zero-order chi connectivity index (χ0) is 33.5. The third-order valence-corrected chi connectivity index (χ3v) is 11.5. The molecule has 0 heterocycles. The lowest BCUT2D eigenvalue weighted by atomic mass is 9.79. The molecule has 1 saturated carbocycles. The molecule has 250 valence electrons. The summed E-state index contributed by atoms with van der Waals surface area (Å²) in [7, 11) is 0. The van der Waals surface area contributed by atoms with E-state index >= 15 is 0 Å². The van der Waals surface area contributed by atoms with E-state index in [2.05, 4.69) is 125 Å². The van der Waals surface area contributed by atoms with Crippen molar-refractivity contribution in [2.75, 3.05) is 0 Å². The molecule has 2 aromatic carbocycles. The second kappa shape index (κ2) is 16.2. The summed E-state index contributed by atoms with van der Waals surface area (Å²) >= 11 is 0. The molecule has 0 bridgehead atoms. The van der Waals surface area contributed by atoms with Crippen molar-refractivity contribution >= 4 is 11.6 Å². The van der Waals surface area contributed by atoms with Gasteiger partial charge in [-0.05, 0) is 139 Å². The molecule has 4 unspecified atom stereocenters. The summed E-state index contributed by atoms with van der Waals surface area (Å²) in [4.78, 5) is 0. The molecular formula is C48H58. The monoisotopic (exact) mass is 634 g/mol. The summed E-state index contributed by atoms with van der Waals surface area (Å²) in [6.07, 6.45) is 34.0. The van der Waals surface area contributed by atoms with E-state index in [0.29, 0.717) is 11.8 Å². The Bertz CT molecular complexity index is 1680. The largest absolute Gasteiger partial charge is 0.0984 e. The van der Waals surface area contributed by atoms with Gasteiger partial charge in [0.05, 0.1) is 0 Å². The maximum atomic E-state index is 4.50. The van der Waals surface area contributed by atoms with Crippen LogP contribution in [-0.2, 0) is 19.3 Å². The first-order chi connectivity index (χ1) is 23.4. The number of fused-ring (bicyclic) bond motifs is 2. The van der Waals surface area contributed by atoms with Crippen LogP contribution >= 0.6 is 0 Å². The van der Waals surface area contributed by atoms with E-state index < -0.39 is 0 Å². The Morgan fingerprint density at radius 1 is 0.979 bits per heavy atom. The van der Waals surface area contributed by atoms with E-state index in [-0.39, 0.29) is 0 Å². The van der Waals surface area contributed by atoms with Gasteiger partial charge >= 0.3 is 0 Å². The number of hydrogen-bond acceptors (Lipinski definition) is 0. The highest BCUT2D eigenvalue weighted by atomic mass is 14.4. The van der Waals surface area contributed by atoms with Gasteiger partial charge in [0.1, 0.15) is 0 Å². The third-order valence-electron chi connectivity index (χ3n) is 11.5. The minimum absolute atomic E-state index is 0.397. The maximum Gasteiger partial charge on any atom is 0.00568 e. The van der Waals surface area contributed by atoms with Crippen LogP contribution in [0.3, 0.4) is 0 Å². The summed E-state index contributed by atoms with van der Waals surface area (Å²) < 4.78 is 0. The third kappa shape index (κ3) is 8.49. The molecule has 0 saturated heterocycles. The van der Waals surface area contributed by atoms with E-state index in [4.69, 9.17) is 0 Å². The molecule has 0 amide bonds. The lowest BCUT2D eigenvalue weighted by Gasteiger charge is -2.26. The van der Waals surface area contributed by atoms with Crippen molar-refractivity contribution < 1.29 is 0 Å². The summed E-state index contributed by atoms with van der Waals surface area (Å²) in [6.45, 7) is 15.9. The predicted octanol–water partition coefficient (Wildman–Crippen LogP) is 13.3. The maximum absolute atomic E-state index is 4.50. The highest BCUT2D eigenvalue weighted by Crippen LogP contribution is 2.48. The Hall–Kier alpha value is -3.64. The van der Waals surface area contributed by atoms with Crippen LogP contribution in [0.4, 0.5) is 0 Å². The van der Waals surface area contributed by atoms with Crippen LogP contribution in [-0.4, -0.2) is 0 Å². The average molecular weight is 635 g/mol. The van der Waals surface area contributed by atoms with E-state index in [0.717, 1.165) is 56.8 Å². The molecule has 0 nitrogen and oxygen atoms in total. The Labute approximate surface area is 292 Å². The molecule has 0 radical (unpaired) electrons. The quantitative estimate of drug-likeness (QED) is 0.206. The molecule has 4 aliphatic carbocycles. The van der Waals surface area contributed by atoms with Gasteiger partial charge in [-0.2, -0.15) is 0 Å². The Morgan fingerprint density at radius 3 is 2.65 bits per heavy atom. The molecule has 0 spiro atoms. The normalized spacial score (nSPS) is 22.8. The van der Waals surface area contributed by atoms with E-state index in [1.807, 2.05) is 0 Å². The predicted molar refractivity (Wildman–Crippen MR) is 210 cm³/mol. The first-order valence-corrected chi connectivity index (χ1v) is 19.1. The number of benzene rings is 2. The van der Waals surface area contributed by atoms with Crippen LogP contribution in [0.5, 0.6) is 0 Å². The van der Waals surface area contributed by atoms with Crippen LogP contribution in [0, 0.1) is 23.7 Å². The molecule has 0 aromatic heterocycles. The molecule has 6 rings (SSSR count). The van der Waals surface area contributed by atoms with E-state index in [1.165, 1.54) is 71.9 Å². The molecule has 4 aliphatic rings. The second-order valence-corrected chi connectivity index (χ2v) is 15.2. The SMILES string of the molecule is C=Cc1ccc(CCC2CCc3ccccc3CC(C)C2)cc1C(=CC(C)C1=CC=CC=C2CC21)CCC1=C(C(=C)CCC)C=CCC1. The highest BCUT2D eigenvalue weighted by Gasteiger charge is 2.34. The lowest BCUT2D eigenvalue weighted by Crippen LogP contribution is -2.15. The molecule has 0 aliphatic heterocycles. The van der Waals surface area contributed by atoms with E-state index in [1.54, 1.807) is 27.8 Å². The highest BCUT2D eigenvalue weighted by molar-refractivity contribution is 5.75. The van der Waals surface area contributed by atoms with Gasteiger partial charge in [0.25, 0.3) is 0 Å². The van der Waals surface area contributed by atoms with Crippen molar-refractivity contribution in [2.45, 2.75) is 104 Å². The molecule has 1 fully saturated rings. The summed E-state index contributed by atoms with van der Waals surface area (Å²) in [5.41, 5.74) is 16.3. The summed E-state index contributed by atoms with van der Waals surface area (Å²) in [6, 6.07) is 16.4. The van der Waals surface area contributed by atoms with Gasteiger partial charge in [-0.3, -0.25) is 0 Å². The second-order valence-electron chi connectivity index (χ2n) is 15.2. The molecular weight excluding hydrogens is 577 g/mol. The topological polar surface area (TPSA) is 0 Å². The summed E-state index contributed by atoms with van der Waals surface area (Å²) in [5, 5.41) is 0. The fourth-order valence-corrected chi connectivity index (χ4v) is 8.74.